The van der Waals surface area contributed by atoms with Gasteiger partial charge in [0.2, 0.25) is 5.91 Å². The van der Waals surface area contributed by atoms with Gasteiger partial charge < -0.3 is 10.1 Å². The van der Waals surface area contributed by atoms with Crippen molar-refractivity contribution in [3.05, 3.63) is 47.8 Å². The molecule has 0 unspecified atom stereocenters. The van der Waals surface area contributed by atoms with Gasteiger partial charge in [0.1, 0.15) is 18.1 Å². The van der Waals surface area contributed by atoms with E-state index in [1.165, 1.54) is 6.92 Å². The summed E-state index contributed by atoms with van der Waals surface area (Å²) in [7, 11) is 0. The molecule has 1 aliphatic rings. The summed E-state index contributed by atoms with van der Waals surface area (Å²) < 4.78 is 7.82. The molecule has 23 heavy (non-hydrogen) atoms. The lowest BCUT2D eigenvalue weighted by atomic mass is 10.2. The van der Waals surface area contributed by atoms with Gasteiger partial charge in [-0.25, -0.2) is 0 Å². The molecule has 0 atom stereocenters. The second-order valence-electron chi connectivity index (χ2n) is 5.44. The number of hydrogen-bond donors (Lipinski definition) is 2. The zero-order chi connectivity index (χ0) is 15.8. The van der Waals surface area contributed by atoms with Crippen LogP contribution in [-0.2, 0) is 17.9 Å². The minimum absolute atomic E-state index is 0.101. The molecule has 7 nitrogen and oxygen atoms in total. The second kappa shape index (κ2) is 5.28. The molecule has 4 rings (SSSR count). The average molecular weight is 309 g/mol. The number of carbonyl (C=O) groups excluding carboxylic acids is 1. The van der Waals surface area contributed by atoms with E-state index in [4.69, 9.17) is 4.74 Å². The highest BCUT2D eigenvalue weighted by molar-refractivity contribution is 5.88. The van der Waals surface area contributed by atoms with Crippen LogP contribution in [-0.4, -0.2) is 25.9 Å². The van der Waals surface area contributed by atoms with E-state index >= 15 is 0 Å². The third-order valence-corrected chi connectivity index (χ3v) is 3.72. The maximum atomic E-state index is 11.2. The van der Waals surface area contributed by atoms with Gasteiger partial charge in [0.05, 0.1) is 17.9 Å². The number of fused-ring (bicyclic) bond motifs is 2. The number of aromatic amines is 1. The SMILES string of the molecule is CC(=O)Nc1ccc2c(c1)OCc1cc(-c3ccn[nH]3)nn1C2. The standard InChI is InChI=1S/C16H15N5O2/c1-10(22)18-12-3-2-11-8-21-13(9-23-16(11)6-12)7-15(20-21)14-4-5-17-19-14/h2-7H,8-9H2,1H3,(H,17,19)(H,18,22). The number of aromatic nitrogens is 4. The lowest BCUT2D eigenvalue weighted by molar-refractivity contribution is -0.114. The summed E-state index contributed by atoms with van der Waals surface area (Å²) in [5.41, 5.74) is 4.48. The normalized spacial score (nSPS) is 12.7. The number of anilines is 1. The van der Waals surface area contributed by atoms with Gasteiger partial charge in [-0.3, -0.25) is 14.6 Å². The van der Waals surface area contributed by atoms with Crippen molar-refractivity contribution in [2.75, 3.05) is 5.32 Å². The van der Waals surface area contributed by atoms with Crippen molar-refractivity contribution in [1.82, 2.24) is 20.0 Å². The number of H-pyrrole nitrogens is 1. The Bertz CT molecular complexity index is 867. The monoisotopic (exact) mass is 309 g/mol. The van der Waals surface area contributed by atoms with Crippen LogP contribution in [0.15, 0.2) is 36.5 Å². The van der Waals surface area contributed by atoms with Crippen molar-refractivity contribution in [1.29, 1.82) is 0 Å². The summed E-state index contributed by atoms with van der Waals surface area (Å²) in [6.45, 7) is 2.54. The van der Waals surface area contributed by atoms with Crippen molar-refractivity contribution >= 4 is 11.6 Å². The van der Waals surface area contributed by atoms with Gasteiger partial charge in [-0.15, -0.1) is 0 Å². The Balaban J connectivity index is 1.65. The number of benzene rings is 1. The van der Waals surface area contributed by atoms with Crippen molar-refractivity contribution in [2.24, 2.45) is 0 Å². The predicted molar refractivity (Wildman–Crippen MR) is 84.0 cm³/mol. The lowest BCUT2D eigenvalue weighted by Gasteiger charge is -2.09. The molecule has 1 aromatic carbocycles. The molecule has 0 bridgehead atoms. The first-order valence-corrected chi connectivity index (χ1v) is 7.29. The van der Waals surface area contributed by atoms with Gasteiger partial charge in [0.15, 0.2) is 0 Å². The molecule has 1 aliphatic heterocycles. The summed E-state index contributed by atoms with van der Waals surface area (Å²) in [6.07, 6.45) is 1.70. The molecule has 0 saturated heterocycles. The van der Waals surface area contributed by atoms with Crippen molar-refractivity contribution in [3.63, 3.8) is 0 Å². The van der Waals surface area contributed by atoms with E-state index < -0.39 is 0 Å². The number of hydrogen-bond acceptors (Lipinski definition) is 4. The molecule has 0 radical (unpaired) electrons. The first-order chi connectivity index (χ1) is 11.2. The van der Waals surface area contributed by atoms with Gasteiger partial charge in [-0.2, -0.15) is 10.2 Å². The molecule has 2 aromatic heterocycles. The van der Waals surface area contributed by atoms with E-state index in [0.717, 1.165) is 34.1 Å². The maximum absolute atomic E-state index is 11.2. The number of amides is 1. The van der Waals surface area contributed by atoms with Gasteiger partial charge in [-0.05, 0) is 18.2 Å². The first kappa shape index (κ1) is 13.6. The highest BCUT2D eigenvalue weighted by atomic mass is 16.5. The lowest BCUT2D eigenvalue weighted by Crippen LogP contribution is -2.06. The fraction of sp³-hybridized carbons (Fsp3) is 0.188. The van der Waals surface area contributed by atoms with E-state index in [0.29, 0.717) is 13.2 Å². The van der Waals surface area contributed by atoms with Gasteiger partial charge in [-0.1, -0.05) is 6.07 Å². The van der Waals surface area contributed by atoms with Crippen molar-refractivity contribution in [2.45, 2.75) is 20.1 Å². The number of carbonyl (C=O) groups is 1. The Morgan fingerprint density at radius 1 is 1.35 bits per heavy atom. The minimum atomic E-state index is -0.101. The molecular formula is C16H15N5O2. The molecule has 3 aromatic rings. The zero-order valence-electron chi connectivity index (χ0n) is 12.5. The fourth-order valence-corrected chi connectivity index (χ4v) is 2.65. The van der Waals surface area contributed by atoms with Crippen LogP contribution in [0.4, 0.5) is 5.69 Å². The molecule has 0 aliphatic carbocycles. The molecule has 7 heteroatoms. The largest absolute Gasteiger partial charge is 0.487 e. The number of nitrogens with zero attached hydrogens (tertiary/aromatic N) is 3. The summed E-state index contributed by atoms with van der Waals surface area (Å²) in [5.74, 6) is 0.667. The quantitative estimate of drug-likeness (QED) is 0.760. The highest BCUT2D eigenvalue weighted by Crippen LogP contribution is 2.29. The molecule has 2 N–H and O–H groups in total. The summed E-state index contributed by atoms with van der Waals surface area (Å²) >= 11 is 0. The first-order valence-electron chi connectivity index (χ1n) is 7.29. The Morgan fingerprint density at radius 2 is 2.26 bits per heavy atom. The highest BCUT2D eigenvalue weighted by Gasteiger charge is 2.18. The van der Waals surface area contributed by atoms with E-state index in [1.807, 2.05) is 35.0 Å². The van der Waals surface area contributed by atoms with Crippen LogP contribution in [0, 0.1) is 0 Å². The van der Waals surface area contributed by atoms with Crippen molar-refractivity contribution in [3.8, 4) is 17.1 Å². The van der Waals surface area contributed by atoms with E-state index in [9.17, 15) is 4.79 Å². The van der Waals surface area contributed by atoms with Crippen LogP contribution in [0.5, 0.6) is 5.75 Å². The van der Waals surface area contributed by atoms with E-state index in [-0.39, 0.29) is 5.91 Å². The Hall–Kier alpha value is -3.09. The molecule has 1 amide bonds. The zero-order valence-corrected chi connectivity index (χ0v) is 12.5. The molecule has 0 saturated carbocycles. The third-order valence-electron chi connectivity index (χ3n) is 3.72. The minimum Gasteiger partial charge on any atom is -0.487 e. The molecule has 116 valence electrons. The van der Waals surface area contributed by atoms with Gasteiger partial charge in [0, 0.05) is 30.4 Å². The molecule has 0 fully saturated rings. The topological polar surface area (TPSA) is 84.8 Å². The van der Waals surface area contributed by atoms with Crippen LogP contribution >= 0.6 is 0 Å². The van der Waals surface area contributed by atoms with Crippen LogP contribution in [0.1, 0.15) is 18.2 Å². The molecule has 0 spiro atoms. The summed E-state index contributed by atoms with van der Waals surface area (Å²) in [6, 6.07) is 9.55. The van der Waals surface area contributed by atoms with Crippen LogP contribution in [0.25, 0.3) is 11.4 Å². The van der Waals surface area contributed by atoms with Crippen LogP contribution in [0.3, 0.4) is 0 Å². The van der Waals surface area contributed by atoms with Crippen LogP contribution < -0.4 is 10.1 Å². The number of ether oxygens (including phenoxy) is 1. The van der Waals surface area contributed by atoms with Gasteiger partial charge in [0.25, 0.3) is 0 Å². The van der Waals surface area contributed by atoms with Gasteiger partial charge >= 0.3 is 0 Å². The third kappa shape index (κ3) is 2.57. The molecule has 3 heterocycles. The van der Waals surface area contributed by atoms with Crippen LogP contribution in [0.2, 0.25) is 0 Å². The number of nitrogens with one attached hydrogen (secondary N) is 2. The second-order valence-corrected chi connectivity index (χ2v) is 5.44. The van der Waals surface area contributed by atoms with Crippen molar-refractivity contribution < 1.29 is 9.53 Å². The predicted octanol–water partition coefficient (Wildman–Crippen LogP) is 2.17. The number of rotatable bonds is 2. The van der Waals surface area contributed by atoms with E-state index in [1.54, 1.807) is 6.20 Å². The maximum Gasteiger partial charge on any atom is 0.221 e. The summed E-state index contributed by atoms with van der Waals surface area (Å²) in [5, 5.41) is 14.3. The average Bonchev–Trinajstić information content (AvgIpc) is 3.14. The fourth-order valence-electron chi connectivity index (χ4n) is 2.65. The summed E-state index contributed by atoms with van der Waals surface area (Å²) in [4.78, 5) is 11.2. The Kier molecular flexibility index (Phi) is 3.11. The van der Waals surface area contributed by atoms with E-state index in [2.05, 4.69) is 20.6 Å². The Labute approximate surface area is 132 Å². The smallest absolute Gasteiger partial charge is 0.221 e. The Morgan fingerprint density at radius 3 is 3.04 bits per heavy atom. The molecular weight excluding hydrogens is 294 g/mol.